The van der Waals surface area contributed by atoms with Crippen LogP contribution in [0.5, 0.6) is 0 Å². The van der Waals surface area contributed by atoms with Crippen LogP contribution in [0.25, 0.3) is 65.5 Å². The minimum atomic E-state index is -0.337. The maximum atomic E-state index is 15.6. The summed E-state index contributed by atoms with van der Waals surface area (Å²) in [5.74, 6) is 0.0255. The monoisotopic (exact) mass is 833 g/mol. The van der Waals surface area contributed by atoms with Crippen LogP contribution in [-0.4, -0.2) is 15.9 Å². The molecule has 7 aromatic rings. The molecular weight excluding hydrogens is 790 g/mol. The van der Waals surface area contributed by atoms with Gasteiger partial charge >= 0.3 is 0 Å². The van der Waals surface area contributed by atoms with E-state index in [9.17, 15) is 9.90 Å². The van der Waals surface area contributed by atoms with E-state index >= 15 is 4.39 Å². The molecule has 1 N–H and O–H groups in total. The molecule has 0 saturated carbocycles. The largest absolute Gasteiger partial charge is 0.512 e. The Labute approximate surface area is 301 Å². The second-order valence-corrected chi connectivity index (χ2v) is 13.5. The van der Waals surface area contributed by atoms with Crippen LogP contribution in [0, 0.1) is 29.6 Å². The van der Waals surface area contributed by atoms with Gasteiger partial charge in [0.15, 0.2) is 11.4 Å². The Kier molecular flexibility index (Phi) is 10.3. The van der Waals surface area contributed by atoms with Gasteiger partial charge in [-0.2, -0.15) is 0 Å². The molecule has 2 aromatic heterocycles. The van der Waals surface area contributed by atoms with Crippen LogP contribution >= 0.6 is 0 Å². The Bertz CT molecular complexity index is 2330. The average molecular weight is 833 g/mol. The SMILES string of the molecule is CCC(C)(CC)C(=O)/C=C(\O)C(C)(CC)CC.Cc1cc(-c2ncc3oc4cc5ccccc5c5c(F)cc2c3c45)[c-]c2ccccc12.[Ir]. The number of hydrogen-bond acceptors (Lipinski definition) is 4. The van der Waals surface area contributed by atoms with E-state index in [4.69, 9.17) is 4.42 Å². The predicted octanol–water partition coefficient (Wildman–Crippen LogP) is 12.4. The number of nitrogens with zero attached hydrogens (tertiary/aromatic N) is 1. The molecule has 1 radical (unpaired) electrons. The first kappa shape index (κ1) is 36.2. The van der Waals surface area contributed by atoms with Crippen molar-refractivity contribution in [3.05, 3.63) is 102 Å². The quantitative estimate of drug-likeness (QED) is 0.0717. The van der Waals surface area contributed by atoms with E-state index in [1.54, 1.807) is 12.3 Å². The molecule has 0 amide bonds. The van der Waals surface area contributed by atoms with Crippen molar-refractivity contribution in [2.45, 2.75) is 74.1 Å². The van der Waals surface area contributed by atoms with Gasteiger partial charge in [-0.3, -0.25) is 9.78 Å². The van der Waals surface area contributed by atoms with E-state index in [2.05, 4.69) is 30.1 Å². The summed E-state index contributed by atoms with van der Waals surface area (Å²) < 4.78 is 21.7. The van der Waals surface area contributed by atoms with Gasteiger partial charge in [-0.05, 0) is 54.0 Å². The Morgan fingerprint density at radius 2 is 1.47 bits per heavy atom. The number of aliphatic hydroxyl groups excluding tert-OH is 1. The summed E-state index contributed by atoms with van der Waals surface area (Å²) in [6.07, 6.45) is 6.50. The molecule has 0 fully saturated rings. The van der Waals surface area contributed by atoms with Gasteiger partial charge in [-0.1, -0.05) is 102 Å². The maximum absolute atomic E-state index is 15.6. The van der Waals surface area contributed by atoms with Crippen LogP contribution < -0.4 is 0 Å². The van der Waals surface area contributed by atoms with Crippen LogP contribution in [0.3, 0.4) is 0 Å². The number of aromatic nitrogens is 1. The summed E-state index contributed by atoms with van der Waals surface area (Å²) in [4.78, 5) is 16.9. The van der Waals surface area contributed by atoms with Gasteiger partial charge in [-0.15, -0.1) is 29.1 Å². The van der Waals surface area contributed by atoms with E-state index in [0.717, 1.165) is 80.2 Å². The van der Waals surface area contributed by atoms with Crippen molar-refractivity contribution in [1.82, 2.24) is 4.98 Å². The van der Waals surface area contributed by atoms with Crippen LogP contribution in [0.15, 0.2) is 89.2 Å². The molecule has 7 rings (SSSR count). The van der Waals surface area contributed by atoms with Gasteiger partial charge in [-0.25, -0.2) is 4.39 Å². The van der Waals surface area contributed by atoms with Gasteiger partial charge in [0.1, 0.15) is 17.2 Å². The number of pyridine rings is 1. The molecule has 6 heteroatoms. The van der Waals surface area contributed by atoms with Gasteiger partial charge < -0.3 is 9.52 Å². The van der Waals surface area contributed by atoms with Crippen LogP contribution in [0.1, 0.15) is 72.8 Å². The second kappa shape index (κ2) is 14.0. The number of ketones is 1. The average Bonchev–Trinajstić information content (AvgIpc) is 3.48. The van der Waals surface area contributed by atoms with Gasteiger partial charge in [0.2, 0.25) is 0 Å². The Morgan fingerprint density at radius 3 is 2.14 bits per heavy atom. The molecule has 0 spiro atoms. The molecule has 0 aliphatic carbocycles. The number of hydrogen-bond donors (Lipinski definition) is 1. The number of aryl methyl sites for hydroxylation is 1. The molecule has 255 valence electrons. The third kappa shape index (κ3) is 6.26. The fourth-order valence-corrected chi connectivity index (χ4v) is 6.64. The van der Waals surface area contributed by atoms with Crippen molar-refractivity contribution < 1.29 is 38.8 Å². The molecule has 49 heavy (non-hydrogen) atoms. The fraction of sp³-hybridized carbons (Fsp3) is 0.302. The molecule has 0 unspecified atom stereocenters. The van der Waals surface area contributed by atoms with E-state index in [-0.39, 0.29) is 48.3 Å². The van der Waals surface area contributed by atoms with E-state index in [1.165, 1.54) is 6.08 Å². The summed E-state index contributed by atoms with van der Waals surface area (Å²) in [5.41, 5.74) is 3.47. The van der Waals surface area contributed by atoms with Gasteiger partial charge in [0.25, 0.3) is 0 Å². The zero-order valence-electron chi connectivity index (χ0n) is 29.3. The molecular formula is C43H43FIrNO3-. The first-order valence-corrected chi connectivity index (χ1v) is 17.0. The normalized spacial score (nSPS) is 12.5. The van der Waals surface area contributed by atoms with Crippen LogP contribution in [0.2, 0.25) is 0 Å². The minimum Gasteiger partial charge on any atom is -0.512 e. The summed E-state index contributed by atoms with van der Waals surface area (Å²) in [5, 5.41) is 17.3. The standard InChI is InChI=1S/C28H15FNO.C15H28O2.Ir/c1-15-10-18(11-16-6-2-4-8-19(15)16)28-21-13-22(29)25-20-9-5-3-7-17(20)12-23-27(25)26(21)24(31-23)14-30-28;1-7-14(5,8-2)12(16)11-13(17)15(6,9-3)10-4;/h2-10,12-14H,1H3;11,16H,7-10H2,1-6H3;/q-1;;/b;12-11-;. The summed E-state index contributed by atoms with van der Waals surface area (Å²) in [6, 6.07) is 25.2. The first-order chi connectivity index (χ1) is 23.0. The van der Waals surface area contributed by atoms with Crippen molar-refractivity contribution in [3.63, 3.8) is 0 Å². The molecule has 0 aliphatic rings. The minimum absolute atomic E-state index is 0. The fourth-order valence-electron chi connectivity index (χ4n) is 6.64. The number of rotatable bonds is 8. The van der Waals surface area contributed by atoms with E-state index in [0.29, 0.717) is 16.6 Å². The van der Waals surface area contributed by atoms with Crippen LogP contribution in [0.4, 0.5) is 4.39 Å². The third-order valence-corrected chi connectivity index (χ3v) is 10.9. The number of halogens is 1. The molecule has 0 bridgehead atoms. The smallest absolute Gasteiger partial charge is 0.164 e. The summed E-state index contributed by atoms with van der Waals surface area (Å²) >= 11 is 0. The topological polar surface area (TPSA) is 63.3 Å². The zero-order valence-corrected chi connectivity index (χ0v) is 31.7. The number of aliphatic hydroxyl groups is 1. The predicted molar refractivity (Wildman–Crippen MR) is 197 cm³/mol. The van der Waals surface area contributed by atoms with Gasteiger partial charge in [0.05, 0.1) is 6.20 Å². The zero-order chi connectivity index (χ0) is 34.4. The van der Waals surface area contributed by atoms with E-state index < -0.39 is 0 Å². The van der Waals surface area contributed by atoms with Crippen molar-refractivity contribution in [3.8, 4) is 11.3 Å². The summed E-state index contributed by atoms with van der Waals surface area (Å²) in [6.45, 7) is 14.2. The van der Waals surface area contributed by atoms with Crippen molar-refractivity contribution >= 4 is 60.0 Å². The Balaban J connectivity index is 0.000000226. The number of carbonyl (C=O) groups excluding carboxylic acids is 1. The number of benzene rings is 5. The molecule has 4 nitrogen and oxygen atoms in total. The molecule has 5 aromatic carbocycles. The summed E-state index contributed by atoms with van der Waals surface area (Å²) in [7, 11) is 0. The maximum Gasteiger partial charge on any atom is 0.164 e. The second-order valence-electron chi connectivity index (χ2n) is 13.5. The van der Waals surface area contributed by atoms with Gasteiger partial charge in [0, 0.05) is 58.9 Å². The van der Waals surface area contributed by atoms with Crippen LogP contribution in [-0.2, 0) is 24.9 Å². The van der Waals surface area contributed by atoms with Crippen molar-refractivity contribution in [1.29, 1.82) is 0 Å². The Hall–Kier alpha value is -4.12. The number of furan rings is 1. The number of fused-ring (bicyclic) bond motifs is 3. The number of allylic oxidation sites excluding steroid dienone is 2. The molecule has 0 saturated heterocycles. The number of carbonyl (C=O) groups is 1. The molecule has 2 heterocycles. The van der Waals surface area contributed by atoms with Crippen molar-refractivity contribution in [2.75, 3.05) is 0 Å². The molecule has 0 atom stereocenters. The molecule has 0 aliphatic heterocycles. The first-order valence-electron chi connectivity index (χ1n) is 17.0. The Morgan fingerprint density at radius 1 is 0.837 bits per heavy atom. The van der Waals surface area contributed by atoms with Crippen molar-refractivity contribution in [2.24, 2.45) is 10.8 Å². The van der Waals surface area contributed by atoms with E-state index in [1.807, 2.05) is 90.1 Å². The third-order valence-electron chi connectivity index (χ3n) is 10.9.